The minimum atomic E-state index is -0.806. The molecule has 0 aliphatic carbocycles. The lowest BCUT2D eigenvalue weighted by molar-refractivity contribution is -0.137. The van der Waals surface area contributed by atoms with Crippen LogP contribution in [0, 0.1) is 5.92 Å². The first-order valence-electron chi connectivity index (χ1n) is 6.55. The predicted octanol–water partition coefficient (Wildman–Crippen LogP) is 3.21. The monoisotopic (exact) mass is 283 g/mol. The van der Waals surface area contributed by atoms with Crippen molar-refractivity contribution in [2.45, 2.75) is 45.6 Å². The van der Waals surface area contributed by atoms with Gasteiger partial charge in [-0.25, -0.2) is 0 Å². The summed E-state index contributed by atoms with van der Waals surface area (Å²) < 4.78 is 0. The average Bonchev–Trinajstić information content (AvgIpc) is 2.84. The summed E-state index contributed by atoms with van der Waals surface area (Å²) in [6.07, 6.45) is 1.69. The highest BCUT2D eigenvalue weighted by Crippen LogP contribution is 2.25. The SMILES string of the molecule is CC(C)C(NC(=O)CCCCC(=O)O)c1cccs1. The van der Waals surface area contributed by atoms with E-state index in [-0.39, 0.29) is 18.4 Å². The molecule has 0 saturated heterocycles. The second-order valence-electron chi connectivity index (χ2n) is 4.91. The number of carboxylic acids is 1. The lowest BCUT2D eigenvalue weighted by Gasteiger charge is -2.21. The van der Waals surface area contributed by atoms with E-state index >= 15 is 0 Å². The average molecular weight is 283 g/mol. The minimum Gasteiger partial charge on any atom is -0.481 e. The highest BCUT2D eigenvalue weighted by atomic mass is 32.1. The fraction of sp³-hybridized carbons (Fsp3) is 0.571. The van der Waals surface area contributed by atoms with E-state index in [0.717, 1.165) is 4.88 Å². The van der Waals surface area contributed by atoms with Crippen molar-refractivity contribution in [2.75, 3.05) is 0 Å². The highest BCUT2D eigenvalue weighted by molar-refractivity contribution is 7.10. The molecule has 2 N–H and O–H groups in total. The molecule has 4 nitrogen and oxygen atoms in total. The standard InChI is InChI=1S/C14H21NO3S/c1-10(2)14(11-6-5-9-19-11)15-12(16)7-3-4-8-13(17)18/h5-6,9-10,14H,3-4,7-8H2,1-2H3,(H,15,16)(H,17,18). The van der Waals surface area contributed by atoms with Crippen LogP contribution in [0.3, 0.4) is 0 Å². The zero-order chi connectivity index (χ0) is 14.3. The van der Waals surface area contributed by atoms with Gasteiger partial charge in [0.25, 0.3) is 0 Å². The van der Waals surface area contributed by atoms with Gasteiger partial charge in [-0.15, -0.1) is 11.3 Å². The normalized spacial score (nSPS) is 12.4. The fourth-order valence-electron chi connectivity index (χ4n) is 1.84. The van der Waals surface area contributed by atoms with E-state index in [1.165, 1.54) is 0 Å². The summed E-state index contributed by atoms with van der Waals surface area (Å²) in [6.45, 7) is 4.16. The molecule has 106 valence electrons. The van der Waals surface area contributed by atoms with Crippen LogP contribution in [0.2, 0.25) is 0 Å². The van der Waals surface area contributed by atoms with Crippen LogP contribution in [0.15, 0.2) is 17.5 Å². The van der Waals surface area contributed by atoms with Gasteiger partial charge in [0, 0.05) is 17.7 Å². The molecule has 0 aliphatic rings. The van der Waals surface area contributed by atoms with E-state index in [1.54, 1.807) is 11.3 Å². The van der Waals surface area contributed by atoms with Crippen LogP contribution >= 0.6 is 11.3 Å². The molecular formula is C14H21NO3S. The molecule has 1 amide bonds. The Morgan fingerprint density at radius 1 is 1.32 bits per heavy atom. The Bertz CT molecular complexity index is 401. The van der Waals surface area contributed by atoms with Gasteiger partial charge in [-0.2, -0.15) is 0 Å². The summed E-state index contributed by atoms with van der Waals surface area (Å²) in [4.78, 5) is 23.4. The fourth-order valence-corrected chi connectivity index (χ4v) is 2.79. The Kier molecular flexibility index (Phi) is 6.56. The molecular weight excluding hydrogens is 262 g/mol. The summed E-state index contributed by atoms with van der Waals surface area (Å²) in [5, 5.41) is 13.6. The number of unbranched alkanes of at least 4 members (excludes halogenated alkanes) is 1. The Hall–Kier alpha value is -1.36. The number of hydrogen-bond acceptors (Lipinski definition) is 3. The molecule has 0 bridgehead atoms. The third kappa shape index (κ3) is 5.87. The van der Waals surface area contributed by atoms with Crippen molar-refractivity contribution in [3.05, 3.63) is 22.4 Å². The smallest absolute Gasteiger partial charge is 0.303 e. The Morgan fingerprint density at radius 2 is 2.00 bits per heavy atom. The van der Waals surface area contributed by atoms with Gasteiger partial charge in [0.2, 0.25) is 5.91 Å². The molecule has 0 radical (unpaired) electrons. The van der Waals surface area contributed by atoms with Crippen LogP contribution in [0.4, 0.5) is 0 Å². The van der Waals surface area contributed by atoms with Crippen LogP contribution in [0.25, 0.3) is 0 Å². The van der Waals surface area contributed by atoms with Crippen molar-refractivity contribution in [1.82, 2.24) is 5.32 Å². The van der Waals surface area contributed by atoms with Crippen LogP contribution in [-0.2, 0) is 9.59 Å². The summed E-state index contributed by atoms with van der Waals surface area (Å²) >= 11 is 1.64. The molecule has 1 aromatic heterocycles. The summed E-state index contributed by atoms with van der Waals surface area (Å²) in [6, 6.07) is 4.06. The van der Waals surface area contributed by atoms with Crippen molar-refractivity contribution in [1.29, 1.82) is 0 Å². The van der Waals surface area contributed by atoms with Gasteiger partial charge in [-0.1, -0.05) is 19.9 Å². The van der Waals surface area contributed by atoms with Gasteiger partial charge in [0.15, 0.2) is 0 Å². The minimum absolute atomic E-state index is 0.00233. The Morgan fingerprint density at radius 3 is 2.53 bits per heavy atom. The number of aliphatic carboxylic acids is 1. The highest BCUT2D eigenvalue weighted by Gasteiger charge is 2.18. The molecule has 1 rings (SSSR count). The van der Waals surface area contributed by atoms with E-state index in [9.17, 15) is 9.59 Å². The van der Waals surface area contributed by atoms with E-state index in [4.69, 9.17) is 5.11 Å². The lowest BCUT2D eigenvalue weighted by atomic mass is 10.0. The van der Waals surface area contributed by atoms with Crippen molar-refractivity contribution in [3.63, 3.8) is 0 Å². The third-order valence-corrected chi connectivity index (χ3v) is 3.83. The molecule has 5 heteroatoms. The number of amides is 1. The first kappa shape index (κ1) is 15.7. The number of rotatable bonds is 8. The van der Waals surface area contributed by atoms with Gasteiger partial charge >= 0.3 is 5.97 Å². The van der Waals surface area contributed by atoms with Gasteiger partial charge in [0.05, 0.1) is 6.04 Å². The largest absolute Gasteiger partial charge is 0.481 e. The van der Waals surface area contributed by atoms with Crippen LogP contribution in [-0.4, -0.2) is 17.0 Å². The van der Waals surface area contributed by atoms with Crippen LogP contribution in [0.1, 0.15) is 50.4 Å². The van der Waals surface area contributed by atoms with Crippen LogP contribution < -0.4 is 5.32 Å². The lowest BCUT2D eigenvalue weighted by Crippen LogP contribution is -2.31. The number of nitrogens with one attached hydrogen (secondary N) is 1. The van der Waals surface area contributed by atoms with Gasteiger partial charge in [0.1, 0.15) is 0 Å². The second kappa shape index (κ2) is 7.94. The first-order valence-corrected chi connectivity index (χ1v) is 7.43. The number of carbonyl (C=O) groups is 2. The molecule has 1 heterocycles. The number of carbonyl (C=O) groups excluding carboxylic acids is 1. The van der Waals surface area contributed by atoms with Crippen LogP contribution in [0.5, 0.6) is 0 Å². The van der Waals surface area contributed by atoms with E-state index in [2.05, 4.69) is 19.2 Å². The van der Waals surface area contributed by atoms with E-state index < -0.39 is 5.97 Å². The maximum absolute atomic E-state index is 11.8. The molecule has 0 fully saturated rings. The molecule has 0 saturated carbocycles. The quantitative estimate of drug-likeness (QED) is 0.720. The van der Waals surface area contributed by atoms with E-state index in [0.29, 0.717) is 25.2 Å². The predicted molar refractivity (Wildman–Crippen MR) is 76.1 cm³/mol. The molecule has 1 aromatic rings. The Labute approximate surface area is 117 Å². The molecule has 1 unspecified atom stereocenters. The van der Waals surface area contributed by atoms with E-state index in [1.807, 2.05) is 17.5 Å². The van der Waals surface area contributed by atoms with Gasteiger partial charge in [-0.3, -0.25) is 9.59 Å². The van der Waals surface area contributed by atoms with Crippen molar-refractivity contribution in [3.8, 4) is 0 Å². The van der Waals surface area contributed by atoms with Crippen molar-refractivity contribution >= 4 is 23.2 Å². The topological polar surface area (TPSA) is 66.4 Å². The second-order valence-corrected chi connectivity index (χ2v) is 5.88. The van der Waals surface area contributed by atoms with Crippen molar-refractivity contribution in [2.24, 2.45) is 5.92 Å². The first-order chi connectivity index (χ1) is 9.00. The molecule has 0 spiro atoms. The summed E-state index contributed by atoms with van der Waals surface area (Å²) in [7, 11) is 0. The summed E-state index contributed by atoms with van der Waals surface area (Å²) in [5.74, 6) is -0.474. The Balaban J connectivity index is 2.38. The molecule has 0 aromatic carbocycles. The number of thiophene rings is 1. The van der Waals surface area contributed by atoms with Gasteiger partial charge in [-0.05, 0) is 30.2 Å². The number of hydrogen-bond donors (Lipinski definition) is 2. The number of carboxylic acid groups (broad SMARTS) is 1. The molecule has 0 aliphatic heterocycles. The van der Waals surface area contributed by atoms with Gasteiger partial charge < -0.3 is 10.4 Å². The summed E-state index contributed by atoms with van der Waals surface area (Å²) in [5.41, 5.74) is 0. The zero-order valence-corrected chi connectivity index (χ0v) is 12.2. The third-order valence-electron chi connectivity index (χ3n) is 2.88. The molecule has 19 heavy (non-hydrogen) atoms. The van der Waals surface area contributed by atoms with Crippen molar-refractivity contribution < 1.29 is 14.7 Å². The molecule has 1 atom stereocenters. The maximum atomic E-state index is 11.8. The maximum Gasteiger partial charge on any atom is 0.303 e. The zero-order valence-electron chi connectivity index (χ0n) is 11.4.